The number of halogens is 1. The lowest BCUT2D eigenvalue weighted by Crippen LogP contribution is -2.03. The molecule has 0 aliphatic heterocycles. The molecule has 0 bridgehead atoms. The van der Waals surface area contributed by atoms with Gasteiger partial charge in [-0.3, -0.25) is 4.98 Å². The summed E-state index contributed by atoms with van der Waals surface area (Å²) in [5, 5.41) is 0.330. The number of aryl methyl sites for hydroxylation is 2. The van der Waals surface area contributed by atoms with Crippen LogP contribution in [0.25, 0.3) is 22.4 Å². The molecule has 0 spiro atoms. The first-order valence-corrected chi connectivity index (χ1v) is 6.98. The Kier molecular flexibility index (Phi) is 3.96. The molecule has 2 heterocycles. The van der Waals surface area contributed by atoms with Crippen molar-refractivity contribution in [1.29, 1.82) is 0 Å². The van der Waals surface area contributed by atoms with E-state index in [1.165, 1.54) is 6.20 Å². The number of benzene rings is 1. The average molecular weight is 320 g/mol. The Bertz CT molecular complexity index is 815. The lowest BCUT2D eigenvalue weighted by Gasteiger charge is -2.13. The number of aromatic nitrogens is 3. The van der Waals surface area contributed by atoms with E-state index in [0.29, 0.717) is 28.1 Å². The minimum atomic E-state index is 0.122. The van der Waals surface area contributed by atoms with E-state index in [0.717, 1.165) is 16.6 Å². The van der Waals surface area contributed by atoms with Crippen LogP contribution >= 0.6 is 11.6 Å². The minimum Gasteiger partial charge on any atom is -0.466 e. The summed E-state index contributed by atoms with van der Waals surface area (Å²) in [6.45, 7) is 3.84. The molecule has 0 amide bonds. The number of methoxy groups -OCH3 is 1. The van der Waals surface area contributed by atoms with Gasteiger partial charge in [0, 0.05) is 25.2 Å². The van der Waals surface area contributed by atoms with E-state index in [4.69, 9.17) is 25.5 Å². The number of fused-ring (bicyclic) bond motifs is 1. The highest BCUT2D eigenvalue weighted by atomic mass is 35.5. The molecule has 0 aliphatic carbocycles. The van der Waals surface area contributed by atoms with Crippen LogP contribution in [-0.4, -0.2) is 28.9 Å². The summed E-state index contributed by atoms with van der Waals surface area (Å²) >= 11 is 5.80. The molecular formula is C15H14ClN3O3. The maximum absolute atomic E-state index is 5.80. The highest BCUT2D eigenvalue weighted by Gasteiger charge is 2.18. The summed E-state index contributed by atoms with van der Waals surface area (Å²) in [6, 6.07) is 1.84. The van der Waals surface area contributed by atoms with Crippen LogP contribution in [0.15, 0.2) is 22.9 Å². The van der Waals surface area contributed by atoms with Crippen molar-refractivity contribution in [2.24, 2.45) is 0 Å². The van der Waals surface area contributed by atoms with Crippen molar-refractivity contribution in [3.8, 4) is 17.0 Å². The lowest BCUT2D eigenvalue weighted by atomic mass is 10.1. The smallest absolute Gasteiger partial charge is 0.192 e. The Morgan fingerprint density at radius 1 is 1.23 bits per heavy atom. The van der Waals surface area contributed by atoms with Crippen LogP contribution in [0.3, 0.4) is 0 Å². The van der Waals surface area contributed by atoms with E-state index in [1.54, 1.807) is 20.2 Å². The van der Waals surface area contributed by atoms with Gasteiger partial charge in [-0.1, -0.05) is 11.6 Å². The van der Waals surface area contributed by atoms with Crippen molar-refractivity contribution >= 4 is 22.7 Å². The zero-order valence-corrected chi connectivity index (χ0v) is 13.1. The number of rotatable bonds is 4. The summed E-state index contributed by atoms with van der Waals surface area (Å²) < 4.78 is 16.3. The zero-order chi connectivity index (χ0) is 15.7. The molecule has 114 valence electrons. The predicted octanol–water partition coefficient (Wildman–Crippen LogP) is 3.54. The van der Waals surface area contributed by atoms with Crippen LogP contribution in [-0.2, 0) is 4.74 Å². The van der Waals surface area contributed by atoms with Gasteiger partial charge in [0.2, 0.25) is 0 Å². The normalized spacial score (nSPS) is 11.1. The third kappa shape index (κ3) is 2.63. The number of nitrogens with zero attached hydrogens (tertiary/aromatic N) is 3. The molecule has 0 fully saturated rings. The Morgan fingerprint density at radius 3 is 2.73 bits per heavy atom. The molecule has 0 saturated carbocycles. The first-order valence-electron chi connectivity index (χ1n) is 6.60. The topological polar surface area (TPSA) is 70.3 Å². The molecule has 0 N–H and O–H groups in total. The van der Waals surface area contributed by atoms with Crippen molar-refractivity contribution in [1.82, 2.24) is 15.0 Å². The predicted molar refractivity (Wildman–Crippen MR) is 82.0 cm³/mol. The van der Waals surface area contributed by atoms with E-state index in [1.807, 2.05) is 13.0 Å². The van der Waals surface area contributed by atoms with Crippen LogP contribution < -0.4 is 4.74 Å². The van der Waals surface area contributed by atoms with Crippen LogP contribution in [0.1, 0.15) is 11.5 Å². The lowest BCUT2D eigenvalue weighted by molar-refractivity contribution is 0.0511. The first-order chi connectivity index (χ1) is 10.6. The van der Waals surface area contributed by atoms with Crippen molar-refractivity contribution in [3.05, 3.63) is 35.1 Å². The summed E-state index contributed by atoms with van der Waals surface area (Å²) in [5.74, 6) is 1.23. The van der Waals surface area contributed by atoms with Gasteiger partial charge in [0.25, 0.3) is 0 Å². The Hall–Kier alpha value is -2.18. The molecular weight excluding hydrogens is 306 g/mol. The van der Waals surface area contributed by atoms with Gasteiger partial charge < -0.3 is 13.9 Å². The highest BCUT2D eigenvalue weighted by molar-refractivity contribution is 6.29. The number of ether oxygens (including phenoxy) is 2. The SMILES string of the molecule is COCOc1c(-c2cnc(Cl)cn2)cc2oc(C)nc2c1C. The van der Waals surface area contributed by atoms with Gasteiger partial charge >= 0.3 is 0 Å². The monoisotopic (exact) mass is 319 g/mol. The average Bonchev–Trinajstić information content (AvgIpc) is 2.88. The fraction of sp³-hybridized carbons (Fsp3) is 0.267. The van der Waals surface area contributed by atoms with E-state index in [-0.39, 0.29) is 6.79 Å². The van der Waals surface area contributed by atoms with E-state index in [9.17, 15) is 0 Å². The largest absolute Gasteiger partial charge is 0.466 e. The Morgan fingerprint density at radius 2 is 2.05 bits per heavy atom. The zero-order valence-electron chi connectivity index (χ0n) is 12.4. The molecule has 7 heteroatoms. The molecule has 3 aromatic rings. The number of oxazole rings is 1. The molecule has 0 atom stereocenters. The van der Waals surface area contributed by atoms with Crippen molar-refractivity contribution in [2.75, 3.05) is 13.9 Å². The molecule has 0 unspecified atom stereocenters. The molecule has 0 aliphatic rings. The maximum atomic E-state index is 5.80. The fourth-order valence-electron chi connectivity index (χ4n) is 2.26. The van der Waals surface area contributed by atoms with E-state index >= 15 is 0 Å². The van der Waals surface area contributed by atoms with Gasteiger partial charge in [0.05, 0.1) is 18.1 Å². The Labute approximate surface area is 132 Å². The van der Waals surface area contributed by atoms with Crippen LogP contribution in [0.5, 0.6) is 5.75 Å². The summed E-state index contributed by atoms with van der Waals surface area (Å²) in [4.78, 5) is 12.7. The van der Waals surface area contributed by atoms with Crippen molar-refractivity contribution in [2.45, 2.75) is 13.8 Å². The molecule has 0 saturated heterocycles. The van der Waals surface area contributed by atoms with Crippen molar-refractivity contribution < 1.29 is 13.9 Å². The third-order valence-corrected chi connectivity index (χ3v) is 3.39. The summed E-state index contributed by atoms with van der Waals surface area (Å²) in [7, 11) is 1.57. The number of hydrogen-bond acceptors (Lipinski definition) is 6. The molecule has 0 radical (unpaired) electrons. The Balaban J connectivity index is 2.23. The maximum Gasteiger partial charge on any atom is 0.192 e. The second-order valence-electron chi connectivity index (χ2n) is 4.73. The van der Waals surface area contributed by atoms with Crippen molar-refractivity contribution in [3.63, 3.8) is 0 Å². The van der Waals surface area contributed by atoms with E-state index in [2.05, 4.69) is 15.0 Å². The first kappa shape index (κ1) is 14.7. The summed E-state index contributed by atoms with van der Waals surface area (Å²) in [6.07, 6.45) is 3.08. The second kappa shape index (κ2) is 5.90. The fourth-order valence-corrected chi connectivity index (χ4v) is 2.36. The molecule has 2 aromatic heterocycles. The van der Waals surface area contributed by atoms with Crippen LogP contribution in [0, 0.1) is 13.8 Å². The quantitative estimate of drug-likeness (QED) is 0.685. The molecule has 1 aromatic carbocycles. The standard InChI is InChI=1S/C15H14ClN3O3/c1-8-14-12(22-9(2)19-14)4-10(15(8)21-7-20-3)11-5-18-13(16)6-17-11/h4-6H,7H2,1-3H3. The van der Waals surface area contributed by atoms with Gasteiger partial charge in [-0.05, 0) is 13.0 Å². The van der Waals surface area contributed by atoms with Gasteiger partial charge in [0.15, 0.2) is 18.3 Å². The van der Waals surface area contributed by atoms with Gasteiger partial charge in [0.1, 0.15) is 16.4 Å². The van der Waals surface area contributed by atoms with Crippen LogP contribution in [0.2, 0.25) is 5.15 Å². The molecule has 6 nitrogen and oxygen atoms in total. The highest BCUT2D eigenvalue weighted by Crippen LogP contribution is 2.37. The second-order valence-corrected chi connectivity index (χ2v) is 5.12. The number of hydrogen-bond donors (Lipinski definition) is 0. The van der Waals surface area contributed by atoms with E-state index < -0.39 is 0 Å². The molecule has 22 heavy (non-hydrogen) atoms. The van der Waals surface area contributed by atoms with Crippen LogP contribution in [0.4, 0.5) is 0 Å². The van der Waals surface area contributed by atoms with Gasteiger partial charge in [-0.2, -0.15) is 0 Å². The third-order valence-electron chi connectivity index (χ3n) is 3.19. The minimum absolute atomic E-state index is 0.122. The summed E-state index contributed by atoms with van der Waals surface area (Å²) in [5.41, 5.74) is 3.68. The molecule has 3 rings (SSSR count). The van der Waals surface area contributed by atoms with Gasteiger partial charge in [-0.25, -0.2) is 9.97 Å². The van der Waals surface area contributed by atoms with Gasteiger partial charge in [-0.15, -0.1) is 0 Å².